The first-order chi connectivity index (χ1) is 11.9. The summed E-state index contributed by atoms with van der Waals surface area (Å²) in [6, 6.07) is 5.12. The first-order valence-electron chi connectivity index (χ1n) is 6.66. The average molecular weight is 404 g/mol. The summed E-state index contributed by atoms with van der Waals surface area (Å²) < 4.78 is 10.3. The van der Waals surface area contributed by atoms with Gasteiger partial charge in [0.05, 0.1) is 37.1 Å². The molecule has 1 N–H and O–H groups in total. The minimum absolute atomic E-state index is 0.00809. The molecule has 0 amide bonds. The summed E-state index contributed by atoms with van der Waals surface area (Å²) in [5.74, 6) is -0.453. The molecular formula is C15H11Cl3N3O4-. The van der Waals surface area contributed by atoms with Gasteiger partial charge >= 0.3 is 0 Å². The molecule has 0 saturated heterocycles. The number of hydrazone groups is 1. The second-order valence-corrected chi connectivity index (χ2v) is 5.63. The van der Waals surface area contributed by atoms with Crippen molar-refractivity contribution in [3.8, 4) is 11.5 Å². The number of methoxy groups -OCH3 is 2. The Labute approximate surface area is 158 Å². The molecule has 0 radical (unpaired) electrons. The van der Waals surface area contributed by atoms with Crippen LogP contribution in [0.3, 0.4) is 0 Å². The highest BCUT2D eigenvalue weighted by atomic mass is 35.5. The van der Waals surface area contributed by atoms with Crippen LogP contribution in [0.4, 0.5) is 5.69 Å². The number of nitrogens with zero attached hydrogens (tertiary/aromatic N) is 2. The van der Waals surface area contributed by atoms with Crippen molar-refractivity contribution in [1.29, 1.82) is 0 Å². The lowest BCUT2D eigenvalue weighted by Gasteiger charge is -2.12. The molecular weight excluding hydrogens is 393 g/mol. The fraction of sp³-hybridized carbons (Fsp3) is 0.133. The Morgan fingerprint density at radius 3 is 2.56 bits per heavy atom. The number of aromatic carboxylic acids is 1. The van der Waals surface area contributed by atoms with Gasteiger partial charge in [-0.1, -0.05) is 34.8 Å². The molecule has 2 aromatic rings. The second-order valence-electron chi connectivity index (χ2n) is 4.52. The quantitative estimate of drug-likeness (QED) is 0.453. The van der Waals surface area contributed by atoms with E-state index in [1.165, 1.54) is 20.4 Å². The van der Waals surface area contributed by atoms with Crippen molar-refractivity contribution in [2.75, 3.05) is 19.6 Å². The number of nitrogens with one attached hydrogen (secondary N) is 1. The molecule has 1 aromatic carbocycles. The number of pyridine rings is 1. The van der Waals surface area contributed by atoms with E-state index in [-0.39, 0.29) is 20.9 Å². The molecule has 0 bridgehead atoms. The maximum atomic E-state index is 11.0. The van der Waals surface area contributed by atoms with Gasteiger partial charge in [0.25, 0.3) is 0 Å². The molecule has 1 heterocycles. The van der Waals surface area contributed by atoms with E-state index in [2.05, 4.69) is 15.5 Å². The third-order valence-electron chi connectivity index (χ3n) is 3.05. The predicted molar refractivity (Wildman–Crippen MR) is 94.4 cm³/mol. The lowest BCUT2D eigenvalue weighted by molar-refractivity contribution is -0.255. The Kier molecular flexibility index (Phi) is 6.30. The minimum Gasteiger partial charge on any atom is -0.543 e. The van der Waals surface area contributed by atoms with Crippen molar-refractivity contribution in [1.82, 2.24) is 4.98 Å². The topological polar surface area (TPSA) is 95.9 Å². The van der Waals surface area contributed by atoms with Gasteiger partial charge in [-0.15, -0.1) is 0 Å². The molecule has 7 nitrogen and oxygen atoms in total. The van der Waals surface area contributed by atoms with E-state index in [9.17, 15) is 9.90 Å². The number of halogens is 3. The van der Waals surface area contributed by atoms with E-state index >= 15 is 0 Å². The summed E-state index contributed by atoms with van der Waals surface area (Å²) in [4.78, 5) is 14.6. The van der Waals surface area contributed by atoms with Gasteiger partial charge in [0.1, 0.15) is 22.2 Å². The summed E-state index contributed by atoms with van der Waals surface area (Å²) in [6.07, 6.45) is 1.43. The van der Waals surface area contributed by atoms with Crippen molar-refractivity contribution in [3.05, 3.63) is 44.7 Å². The summed E-state index contributed by atoms with van der Waals surface area (Å²) in [6.45, 7) is 0. The van der Waals surface area contributed by atoms with Crippen molar-refractivity contribution in [2.45, 2.75) is 0 Å². The smallest absolute Gasteiger partial charge is 0.150 e. The highest BCUT2D eigenvalue weighted by Gasteiger charge is 2.17. The molecule has 2 rings (SSSR count). The van der Waals surface area contributed by atoms with Crippen LogP contribution in [0.2, 0.25) is 15.2 Å². The highest BCUT2D eigenvalue weighted by Crippen LogP contribution is 2.36. The van der Waals surface area contributed by atoms with Crippen LogP contribution in [-0.2, 0) is 0 Å². The maximum absolute atomic E-state index is 11.0. The molecule has 0 unspecified atom stereocenters. The third kappa shape index (κ3) is 4.25. The summed E-state index contributed by atoms with van der Waals surface area (Å²) in [5.41, 5.74) is 2.62. The number of aromatic nitrogens is 1. The molecule has 132 valence electrons. The molecule has 1 aromatic heterocycles. The van der Waals surface area contributed by atoms with E-state index in [0.717, 1.165) is 0 Å². The van der Waals surface area contributed by atoms with Gasteiger partial charge in [0.15, 0.2) is 5.15 Å². The van der Waals surface area contributed by atoms with Crippen molar-refractivity contribution in [3.63, 3.8) is 0 Å². The van der Waals surface area contributed by atoms with E-state index in [1.807, 2.05) is 0 Å². The monoisotopic (exact) mass is 402 g/mol. The van der Waals surface area contributed by atoms with Crippen molar-refractivity contribution < 1.29 is 19.4 Å². The molecule has 25 heavy (non-hydrogen) atoms. The van der Waals surface area contributed by atoms with Gasteiger partial charge < -0.3 is 19.4 Å². The number of carboxylic acids is 1. The van der Waals surface area contributed by atoms with Crippen molar-refractivity contribution >= 4 is 52.7 Å². The summed E-state index contributed by atoms with van der Waals surface area (Å²) in [7, 11) is 3.04. The fourth-order valence-electron chi connectivity index (χ4n) is 1.84. The predicted octanol–water partition coefficient (Wildman–Crippen LogP) is 2.87. The number of ether oxygens (including phenoxy) is 2. The lowest BCUT2D eigenvalue weighted by Crippen LogP contribution is -2.24. The van der Waals surface area contributed by atoms with Crippen LogP contribution >= 0.6 is 34.8 Å². The minimum atomic E-state index is -1.59. The number of hydrogen-bond donors (Lipinski definition) is 1. The van der Waals surface area contributed by atoms with E-state index in [0.29, 0.717) is 17.1 Å². The standard InChI is InChI=1S/C15H12Cl3N3O4/c1-24-8-4-3-7(9(5-8)25-2)6-19-21-12-10(16)13(15(22)23)20-14(18)11(12)17/h3-6H,1-2H3,(H,20,21)(H,22,23)/p-1/b19-6-. The Morgan fingerprint density at radius 1 is 1.24 bits per heavy atom. The SMILES string of the molecule is COc1ccc(/C=N\Nc2c(Cl)c(Cl)nc(C(=O)[O-])c2Cl)c(OC)c1. The van der Waals surface area contributed by atoms with Crippen LogP contribution in [0.15, 0.2) is 23.3 Å². The largest absolute Gasteiger partial charge is 0.543 e. The van der Waals surface area contributed by atoms with E-state index < -0.39 is 11.7 Å². The zero-order valence-corrected chi connectivity index (χ0v) is 15.2. The Balaban J connectivity index is 2.33. The van der Waals surface area contributed by atoms with Crippen LogP contribution in [0.25, 0.3) is 0 Å². The fourth-order valence-corrected chi connectivity index (χ4v) is 2.50. The Morgan fingerprint density at radius 2 is 1.96 bits per heavy atom. The van der Waals surface area contributed by atoms with Gasteiger partial charge in [0, 0.05) is 11.6 Å². The molecule has 0 aliphatic carbocycles. The summed E-state index contributed by atoms with van der Waals surface area (Å²) in [5, 5.41) is 14.4. The number of benzene rings is 1. The first-order valence-corrected chi connectivity index (χ1v) is 7.79. The lowest BCUT2D eigenvalue weighted by atomic mass is 10.2. The normalized spacial score (nSPS) is 10.8. The highest BCUT2D eigenvalue weighted by molar-refractivity contribution is 6.46. The second kappa shape index (κ2) is 8.24. The maximum Gasteiger partial charge on any atom is 0.150 e. The molecule has 0 aliphatic rings. The zero-order chi connectivity index (χ0) is 18.6. The van der Waals surface area contributed by atoms with E-state index in [4.69, 9.17) is 44.3 Å². The number of carboxylic acid groups (broad SMARTS) is 1. The number of carbonyl (C=O) groups excluding carboxylic acids is 1. The Bertz CT molecular complexity index is 843. The van der Waals surface area contributed by atoms with Gasteiger partial charge in [-0.3, -0.25) is 5.43 Å². The molecule has 0 atom stereocenters. The third-order valence-corrected chi connectivity index (χ3v) is 4.16. The molecule has 0 spiro atoms. The van der Waals surface area contributed by atoms with Gasteiger partial charge in [-0.2, -0.15) is 5.10 Å². The van der Waals surface area contributed by atoms with Crippen molar-refractivity contribution in [2.24, 2.45) is 5.10 Å². The zero-order valence-electron chi connectivity index (χ0n) is 13.0. The molecule has 0 saturated carbocycles. The molecule has 0 fully saturated rings. The van der Waals surface area contributed by atoms with Gasteiger partial charge in [-0.25, -0.2) is 4.98 Å². The molecule has 10 heteroatoms. The number of anilines is 1. The van der Waals surface area contributed by atoms with E-state index in [1.54, 1.807) is 18.2 Å². The number of rotatable bonds is 6. The van der Waals surface area contributed by atoms with Crippen LogP contribution in [0.5, 0.6) is 11.5 Å². The van der Waals surface area contributed by atoms with Crippen LogP contribution in [-0.4, -0.2) is 31.4 Å². The molecule has 0 aliphatic heterocycles. The summed E-state index contributed by atoms with van der Waals surface area (Å²) >= 11 is 17.7. The van der Waals surface area contributed by atoms with Gasteiger partial charge in [0.2, 0.25) is 0 Å². The number of carbonyl (C=O) groups is 1. The first kappa shape index (κ1) is 19.1. The van der Waals surface area contributed by atoms with Crippen LogP contribution < -0.4 is 20.0 Å². The number of hydrogen-bond acceptors (Lipinski definition) is 7. The average Bonchev–Trinajstić information content (AvgIpc) is 2.60. The van der Waals surface area contributed by atoms with Crippen LogP contribution in [0.1, 0.15) is 16.1 Å². The van der Waals surface area contributed by atoms with Crippen LogP contribution in [0, 0.1) is 0 Å². The Hall–Kier alpha value is -2.22. The van der Waals surface area contributed by atoms with Gasteiger partial charge in [-0.05, 0) is 12.1 Å².